The second kappa shape index (κ2) is 5.28. The number of hydrogen-bond acceptors (Lipinski definition) is 2. The molecule has 2 aromatic rings. The molecule has 0 amide bonds. The summed E-state index contributed by atoms with van der Waals surface area (Å²) in [4.78, 5) is 5.13. The number of fused-ring (bicyclic) bond motifs is 1. The molecule has 2 unspecified atom stereocenters. The molecular weight excluding hydrogens is 326 g/mol. The van der Waals surface area contributed by atoms with Crippen LogP contribution < -0.4 is 4.74 Å². The van der Waals surface area contributed by atoms with Crippen molar-refractivity contribution < 1.29 is 4.74 Å². The van der Waals surface area contributed by atoms with E-state index in [1.54, 1.807) is 0 Å². The van der Waals surface area contributed by atoms with Gasteiger partial charge in [-0.05, 0) is 31.4 Å². The van der Waals surface area contributed by atoms with Crippen LogP contribution in [-0.4, -0.2) is 15.9 Å². The maximum Gasteiger partial charge on any atom is 0.145 e. The quantitative estimate of drug-likeness (QED) is 0.706. The van der Waals surface area contributed by atoms with Crippen LogP contribution in [-0.2, 0) is 0 Å². The van der Waals surface area contributed by atoms with Crippen LogP contribution in [0, 0.1) is 5.41 Å². The van der Waals surface area contributed by atoms with Crippen molar-refractivity contribution >= 4 is 26.8 Å². The van der Waals surface area contributed by atoms with Gasteiger partial charge in [-0.2, -0.15) is 0 Å². The minimum Gasteiger partial charge on any atom is -0.487 e. The molecule has 0 bridgehead atoms. The lowest BCUT2D eigenvalue weighted by Crippen LogP contribution is -2.57. The molecule has 1 spiro atoms. The molecular formula is C18H20BrNO. The van der Waals surface area contributed by atoms with Crippen molar-refractivity contribution in [3.63, 3.8) is 0 Å². The summed E-state index contributed by atoms with van der Waals surface area (Å²) in [7, 11) is 0. The number of hydrogen-bond donors (Lipinski definition) is 0. The highest BCUT2D eigenvalue weighted by atomic mass is 79.9. The Labute approximate surface area is 134 Å². The van der Waals surface area contributed by atoms with Gasteiger partial charge in [0, 0.05) is 21.8 Å². The summed E-state index contributed by atoms with van der Waals surface area (Å²) in [6.07, 6.45) is 9.96. The first-order valence-corrected chi connectivity index (χ1v) is 8.86. The molecule has 0 N–H and O–H groups in total. The zero-order valence-electron chi connectivity index (χ0n) is 12.1. The Morgan fingerprint density at radius 3 is 2.71 bits per heavy atom. The second-order valence-electron chi connectivity index (χ2n) is 6.43. The number of rotatable bonds is 2. The average Bonchev–Trinajstić information content (AvgIpc) is 2.55. The standard InChI is InChI=1S/C18H20BrNO/c19-15-12-16(18(15)9-2-1-3-10-18)21-14-8-4-6-13-7-5-11-20-17(13)14/h4-8,11,15-16H,1-3,9-10,12H2. The van der Waals surface area contributed by atoms with Crippen molar-refractivity contribution in [2.24, 2.45) is 5.41 Å². The third-order valence-electron chi connectivity index (χ3n) is 5.34. The normalized spacial score (nSPS) is 27.5. The Bertz CT molecular complexity index is 645. The Kier molecular flexibility index (Phi) is 3.41. The first kappa shape index (κ1) is 13.6. The molecule has 110 valence electrons. The van der Waals surface area contributed by atoms with Crippen LogP contribution in [0.15, 0.2) is 36.5 Å². The molecule has 1 aromatic carbocycles. The van der Waals surface area contributed by atoms with E-state index < -0.39 is 0 Å². The predicted molar refractivity (Wildman–Crippen MR) is 89.0 cm³/mol. The average molecular weight is 346 g/mol. The molecule has 2 aliphatic rings. The smallest absolute Gasteiger partial charge is 0.145 e. The van der Waals surface area contributed by atoms with Crippen molar-refractivity contribution in [3.8, 4) is 5.75 Å². The van der Waals surface area contributed by atoms with Gasteiger partial charge in [-0.3, -0.25) is 4.98 Å². The number of nitrogens with zero attached hydrogens (tertiary/aromatic N) is 1. The lowest BCUT2D eigenvalue weighted by Gasteiger charge is -2.55. The second-order valence-corrected chi connectivity index (χ2v) is 7.54. The van der Waals surface area contributed by atoms with Crippen molar-refractivity contribution in [1.82, 2.24) is 4.98 Å². The molecule has 1 aromatic heterocycles. The van der Waals surface area contributed by atoms with Gasteiger partial charge < -0.3 is 4.74 Å². The number of alkyl halides is 1. The molecule has 0 saturated heterocycles. The molecule has 21 heavy (non-hydrogen) atoms. The molecule has 0 radical (unpaired) electrons. The largest absolute Gasteiger partial charge is 0.487 e. The van der Waals surface area contributed by atoms with E-state index in [1.807, 2.05) is 12.3 Å². The summed E-state index contributed by atoms with van der Waals surface area (Å²) in [6, 6.07) is 10.3. The zero-order chi connectivity index (χ0) is 14.3. The monoisotopic (exact) mass is 345 g/mol. The van der Waals surface area contributed by atoms with Crippen LogP contribution in [0.2, 0.25) is 0 Å². The minimum absolute atomic E-state index is 0.342. The van der Waals surface area contributed by atoms with Crippen molar-refractivity contribution in [2.45, 2.75) is 49.5 Å². The number of para-hydroxylation sites is 1. The SMILES string of the molecule is BrC1CC(Oc2cccc3cccnc23)C12CCCCC2. The van der Waals surface area contributed by atoms with E-state index in [1.165, 1.54) is 32.1 Å². The van der Waals surface area contributed by atoms with Gasteiger partial charge in [0.25, 0.3) is 0 Å². The van der Waals surface area contributed by atoms with Gasteiger partial charge in [-0.15, -0.1) is 0 Å². The molecule has 1 heterocycles. The van der Waals surface area contributed by atoms with Crippen LogP contribution in [0.25, 0.3) is 10.9 Å². The van der Waals surface area contributed by atoms with E-state index in [2.05, 4.69) is 45.2 Å². The van der Waals surface area contributed by atoms with E-state index in [0.717, 1.165) is 23.1 Å². The zero-order valence-corrected chi connectivity index (χ0v) is 13.7. The highest BCUT2D eigenvalue weighted by Crippen LogP contribution is 2.56. The summed E-state index contributed by atoms with van der Waals surface area (Å²) < 4.78 is 6.43. The molecule has 2 nitrogen and oxygen atoms in total. The van der Waals surface area contributed by atoms with Crippen molar-refractivity contribution in [2.75, 3.05) is 0 Å². The van der Waals surface area contributed by atoms with Gasteiger partial charge in [-0.25, -0.2) is 0 Å². The van der Waals surface area contributed by atoms with E-state index in [9.17, 15) is 0 Å². The van der Waals surface area contributed by atoms with Gasteiger partial charge in [0.1, 0.15) is 17.4 Å². The van der Waals surface area contributed by atoms with Gasteiger partial charge >= 0.3 is 0 Å². The van der Waals surface area contributed by atoms with E-state index in [4.69, 9.17) is 4.74 Å². The minimum atomic E-state index is 0.342. The molecule has 2 aliphatic carbocycles. The van der Waals surface area contributed by atoms with Crippen LogP contribution in [0.3, 0.4) is 0 Å². The number of aromatic nitrogens is 1. The fraction of sp³-hybridized carbons (Fsp3) is 0.500. The molecule has 2 fully saturated rings. The Hall–Kier alpha value is -1.09. The maximum absolute atomic E-state index is 6.43. The van der Waals surface area contributed by atoms with Crippen LogP contribution >= 0.6 is 15.9 Å². The fourth-order valence-electron chi connectivity index (χ4n) is 4.03. The van der Waals surface area contributed by atoms with Crippen molar-refractivity contribution in [1.29, 1.82) is 0 Å². The maximum atomic E-state index is 6.43. The molecule has 2 saturated carbocycles. The topological polar surface area (TPSA) is 22.1 Å². The summed E-state index contributed by atoms with van der Waals surface area (Å²) >= 11 is 3.89. The number of halogens is 1. The fourth-order valence-corrected chi connectivity index (χ4v) is 5.13. The predicted octanol–water partition coefficient (Wildman–Crippen LogP) is 5.10. The van der Waals surface area contributed by atoms with E-state index in [0.29, 0.717) is 16.3 Å². The summed E-state index contributed by atoms with van der Waals surface area (Å²) in [5, 5.41) is 1.16. The number of pyridine rings is 1. The molecule has 0 aliphatic heterocycles. The summed E-state index contributed by atoms with van der Waals surface area (Å²) in [6.45, 7) is 0. The first-order valence-electron chi connectivity index (χ1n) is 7.94. The molecule has 4 rings (SSSR count). The number of ether oxygens (including phenoxy) is 1. The molecule has 3 heteroatoms. The van der Waals surface area contributed by atoms with Gasteiger partial charge in [0.15, 0.2) is 0 Å². The summed E-state index contributed by atoms with van der Waals surface area (Å²) in [5.41, 5.74) is 1.35. The van der Waals surface area contributed by atoms with Crippen molar-refractivity contribution in [3.05, 3.63) is 36.5 Å². The van der Waals surface area contributed by atoms with E-state index >= 15 is 0 Å². The Morgan fingerprint density at radius 2 is 1.90 bits per heavy atom. The Balaban J connectivity index is 1.63. The van der Waals surface area contributed by atoms with Crippen LogP contribution in [0.1, 0.15) is 38.5 Å². The van der Waals surface area contributed by atoms with Gasteiger partial charge in [0.2, 0.25) is 0 Å². The lowest BCUT2D eigenvalue weighted by atomic mass is 9.58. The van der Waals surface area contributed by atoms with Crippen LogP contribution in [0.5, 0.6) is 5.75 Å². The van der Waals surface area contributed by atoms with Crippen LogP contribution in [0.4, 0.5) is 0 Å². The highest BCUT2D eigenvalue weighted by molar-refractivity contribution is 9.09. The lowest BCUT2D eigenvalue weighted by molar-refractivity contribution is -0.0594. The first-order chi connectivity index (χ1) is 10.3. The third-order valence-corrected chi connectivity index (χ3v) is 6.62. The summed E-state index contributed by atoms with van der Waals surface area (Å²) in [5.74, 6) is 0.947. The number of benzene rings is 1. The van der Waals surface area contributed by atoms with Gasteiger partial charge in [0.05, 0.1) is 0 Å². The Morgan fingerprint density at radius 1 is 1.10 bits per heavy atom. The highest BCUT2D eigenvalue weighted by Gasteiger charge is 2.55. The van der Waals surface area contributed by atoms with E-state index in [-0.39, 0.29) is 0 Å². The molecule has 2 atom stereocenters. The van der Waals surface area contributed by atoms with Gasteiger partial charge in [-0.1, -0.05) is 53.4 Å². The third kappa shape index (κ3) is 2.17.